The predicted octanol–water partition coefficient (Wildman–Crippen LogP) is 5.29. The third-order valence-corrected chi connectivity index (χ3v) is 6.07. The topological polar surface area (TPSA) is 41.5 Å². The van der Waals surface area contributed by atoms with Crippen LogP contribution in [-0.4, -0.2) is 17.9 Å². The summed E-state index contributed by atoms with van der Waals surface area (Å²) in [4.78, 5) is 12.2. The molecule has 1 N–H and O–H groups in total. The van der Waals surface area contributed by atoms with Crippen LogP contribution in [0.4, 0.5) is 0 Å². The van der Waals surface area contributed by atoms with Crippen LogP contribution in [-0.2, 0) is 4.79 Å². The maximum absolute atomic E-state index is 12.2. The minimum Gasteiger partial charge on any atom is -0.272 e. The number of hydrogen-bond acceptors (Lipinski definition) is 3. The fraction of sp³-hybridized carbons (Fsp3) is 0.0909. The third kappa shape index (κ3) is 3.77. The number of carbonyl (C=O) groups excluding carboxylic acids is 1. The second-order valence-electron chi connectivity index (χ2n) is 6.18. The molecule has 0 spiro atoms. The van der Waals surface area contributed by atoms with Crippen LogP contribution in [0.25, 0.3) is 11.1 Å². The summed E-state index contributed by atoms with van der Waals surface area (Å²) in [6.45, 7) is 0. The molecular weight excluding hydrogens is 376 g/mol. The number of nitrogens with zero attached hydrogens (tertiary/aromatic N) is 1. The van der Waals surface area contributed by atoms with Gasteiger partial charge in [0, 0.05) is 10.6 Å². The number of hydrazone groups is 1. The van der Waals surface area contributed by atoms with Gasteiger partial charge in [-0.05, 0) is 28.3 Å². The van der Waals surface area contributed by atoms with Gasteiger partial charge in [-0.25, -0.2) is 5.43 Å². The van der Waals surface area contributed by atoms with Crippen LogP contribution < -0.4 is 5.43 Å². The monoisotopic (exact) mass is 392 g/mol. The van der Waals surface area contributed by atoms with Crippen molar-refractivity contribution in [3.05, 3.63) is 94.5 Å². The highest BCUT2D eigenvalue weighted by molar-refractivity contribution is 8.00. The second-order valence-corrected chi connectivity index (χ2v) is 7.68. The summed E-state index contributed by atoms with van der Waals surface area (Å²) in [5.41, 5.74) is 8.38. The Bertz CT molecular complexity index is 973. The highest BCUT2D eigenvalue weighted by atomic mass is 35.5. The molecule has 0 bridgehead atoms. The summed E-state index contributed by atoms with van der Waals surface area (Å²) in [5.74, 6) is 0.192. The molecule has 3 aromatic rings. The van der Waals surface area contributed by atoms with Crippen molar-refractivity contribution in [3.63, 3.8) is 0 Å². The number of hydrogen-bond donors (Lipinski definition) is 1. The molecule has 5 heteroatoms. The molecule has 3 nitrogen and oxygen atoms in total. The van der Waals surface area contributed by atoms with E-state index in [1.807, 2.05) is 30.3 Å². The van der Waals surface area contributed by atoms with Crippen molar-refractivity contribution in [2.45, 2.75) is 5.25 Å². The lowest BCUT2D eigenvalue weighted by Crippen LogP contribution is -2.20. The zero-order valence-corrected chi connectivity index (χ0v) is 16.0. The van der Waals surface area contributed by atoms with Crippen molar-refractivity contribution >= 4 is 35.5 Å². The molecule has 0 atom stereocenters. The van der Waals surface area contributed by atoms with Crippen LogP contribution in [0, 0.1) is 0 Å². The first-order valence-electron chi connectivity index (χ1n) is 8.60. The van der Waals surface area contributed by atoms with E-state index < -0.39 is 0 Å². The summed E-state index contributed by atoms with van der Waals surface area (Å²) in [5, 5.41) is 4.78. The molecule has 0 heterocycles. The molecule has 134 valence electrons. The van der Waals surface area contributed by atoms with Gasteiger partial charge in [0.05, 0.1) is 17.2 Å². The number of amides is 1. The first-order chi connectivity index (χ1) is 13.2. The van der Waals surface area contributed by atoms with E-state index in [0.29, 0.717) is 10.8 Å². The van der Waals surface area contributed by atoms with Crippen LogP contribution in [0.3, 0.4) is 0 Å². The van der Waals surface area contributed by atoms with Crippen LogP contribution in [0.1, 0.15) is 21.9 Å². The Morgan fingerprint density at radius 3 is 2.22 bits per heavy atom. The van der Waals surface area contributed by atoms with Crippen LogP contribution in [0.2, 0.25) is 5.02 Å². The van der Waals surface area contributed by atoms with Gasteiger partial charge in [-0.15, -0.1) is 11.8 Å². The van der Waals surface area contributed by atoms with Gasteiger partial charge in [0.15, 0.2) is 0 Å². The summed E-state index contributed by atoms with van der Waals surface area (Å²) in [6, 6.07) is 24.1. The molecule has 0 saturated heterocycles. The van der Waals surface area contributed by atoms with Crippen molar-refractivity contribution in [1.29, 1.82) is 0 Å². The number of halogens is 1. The van der Waals surface area contributed by atoms with Gasteiger partial charge in [-0.2, -0.15) is 5.10 Å². The molecule has 0 radical (unpaired) electrons. The number of rotatable bonds is 5. The minimum atomic E-state index is -0.134. The number of fused-ring (bicyclic) bond motifs is 3. The average molecular weight is 393 g/mol. The van der Waals surface area contributed by atoms with Crippen molar-refractivity contribution in [2.75, 3.05) is 5.75 Å². The predicted molar refractivity (Wildman–Crippen MR) is 113 cm³/mol. The molecule has 0 fully saturated rings. The van der Waals surface area contributed by atoms with Crippen molar-refractivity contribution in [3.8, 4) is 11.1 Å². The van der Waals surface area contributed by atoms with Gasteiger partial charge in [0.25, 0.3) is 0 Å². The zero-order chi connectivity index (χ0) is 18.6. The van der Waals surface area contributed by atoms with Gasteiger partial charge >= 0.3 is 0 Å². The Morgan fingerprint density at radius 2 is 1.56 bits per heavy atom. The van der Waals surface area contributed by atoms with E-state index in [1.54, 1.807) is 24.0 Å². The highest BCUT2D eigenvalue weighted by Crippen LogP contribution is 2.49. The molecular formula is C22H17ClN2OS. The number of benzene rings is 3. The molecule has 0 unspecified atom stereocenters. The van der Waals surface area contributed by atoms with E-state index >= 15 is 0 Å². The summed E-state index contributed by atoms with van der Waals surface area (Å²) >= 11 is 7.69. The Kier molecular flexibility index (Phi) is 5.28. The quantitative estimate of drug-likeness (QED) is 0.473. The standard InChI is InChI=1S/C22H17ClN2OS/c23-20-12-6-1-7-15(20)13-24-25-21(26)14-27-22-18-10-4-2-8-16(18)17-9-3-5-11-19(17)22/h1-13,22H,14H2,(H,25,26)/b24-13-. The molecule has 1 amide bonds. The van der Waals surface area contributed by atoms with Crippen LogP contribution in [0.5, 0.6) is 0 Å². The third-order valence-electron chi connectivity index (χ3n) is 4.46. The van der Waals surface area contributed by atoms with Gasteiger partial charge in [-0.1, -0.05) is 78.3 Å². The van der Waals surface area contributed by atoms with E-state index in [-0.39, 0.29) is 11.2 Å². The molecule has 0 saturated carbocycles. The fourth-order valence-electron chi connectivity index (χ4n) is 3.23. The Morgan fingerprint density at radius 1 is 0.963 bits per heavy atom. The van der Waals surface area contributed by atoms with Gasteiger partial charge < -0.3 is 0 Å². The lowest BCUT2D eigenvalue weighted by Gasteiger charge is -2.12. The zero-order valence-electron chi connectivity index (χ0n) is 14.4. The Labute approximate surface area is 167 Å². The fourth-order valence-corrected chi connectivity index (χ4v) is 4.57. The largest absolute Gasteiger partial charge is 0.272 e. The minimum absolute atomic E-state index is 0.134. The Hall–Kier alpha value is -2.56. The summed E-state index contributed by atoms with van der Waals surface area (Å²) in [7, 11) is 0. The summed E-state index contributed by atoms with van der Waals surface area (Å²) in [6.07, 6.45) is 1.56. The van der Waals surface area contributed by atoms with Crippen molar-refractivity contribution in [1.82, 2.24) is 5.43 Å². The first-order valence-corrected chi connectivity index (χ1v) is 10.0. The molecule has 3 aromatic carbocycles. The second kappa shape index (κ2) is 7.99. The lowest BCUT2D eigenvalue weighted by molar-refractivity contribution is -0.118. The number of thioether (sulfide) groups is 1. The molecule has 1 aliphatic carbocycles. The molecule has 0 aliphatic heterocycles. The van der Waals surface area contributed by atoms with E-state index in [4.69, 9.17) is 11.6 Å². The Balaban J connectivity index is 1.42. The van der Waals surface area contributed by atoms with E-state index in [1.165, 1.54) is 22.3 Å². The summed E-state index contributed by atoms with van der Waals surface area (Å²) < 4.78 is 0. The smallest absolute Gasteiger partial charge is 0.250 e. The van der Waals surface area contributed by atoms with E-state index in [2.05, 4.69) is 46.9 Å². The lowest BCUT2D eigenvalue weighted by atomic mass is 10.1. The number of nitrogens with one attached hydrogen (secondary N) is 1. The maximum Gasteiger partial charge on any atom is 0.250 e. The highest BCUT2D eigenvalue weighted by Gasteiger charge is 2.28. The van der Waals surface area contributed by atoms with Gasteiger partial charge in [0.1, 0.15) is 0 Å². The van der Waals surface area contributed by atoms with Gasteiger partial charge in [-0.3, -0.25) is 4.79 Å². The average Bonchev–Trinajstić information content (AvgIpc) is 3.02. The van der Waals surface area contributed by atoms with Crippen molar-refractivity contribution < 1.29 is 4.79 Å². The maximum atomic E-state index is 12.2. The normalized spacial score (nSPS) is 12.8. The van der Waals surface area contributed by atoms with E-state index in [0.717, 1.165) is 5.56 Å². The molecule has 4 rings (SSSR count). The first kappa shape index (κ1) is 17.8. The van der Waals surface area contributed by atoms with Gasteiger partial charge in [0.2, 0.25) is 5.91 Å². The van der Waals surface area contributed by atoms with E-state index in [9.17, 15) is 4.79 Å². The van der Waals surface area contributed by atoms with Crippen LogP contribution in [0.15, 0.2) is 77.9 Å². The number of carbonyl (C=O) groups is 1. The molecule has 0 aromatic heterocycles. The molecule has 27 heavy (non-hydrogen) atoms. The van der Waals surface area contributed by atoms with Crippen molar-refractivity contribution in [2.24, 2.45) is 5.10 Å². The molecule has 1 aliphatic rings. The van der Waals surface area contributed by atoms with Crippen LogP contribution >= 0.6 is 23.4 Å². The SMILES string of the molecule is O=C(CSC1c2ccccc2-c2ccccc21)N/N=C\c1ccccc1Cl.